The lowest BCUT2D eigenvalue weighted by molar-refractivity contribution is -0.238. The van der Waals surface area contributed by atoms with E-state index in [-0.39, 0.29) is 40.4 Å². The minimum Gasteiger partial charge on any atom is -0.448 e. The van der Waals surface area contributed by atoms with Crippen LogP contribution in [0.5, 0.6) is 0 Å². The number of likely N-dealkylation sites (tertiary alicyclic amines) is 1. The normalized spacial score (nSPS) is 37.8. The molecule has 2 amide bonds. The fourth-order valence-corrected chi connectivity index (χ4v) is 6.95. The van der Waals surface area contributed by atoms with Crippen molar-refractivity contribution in [2.24, 2.45) is 10.8 Å². The Morgan fingerprint density at radius 1 is 1.21 bits per heavy atom. The van der Waals surface area contributed by atoms with Crippen molar-refractivity contribution in [2.45, 2.75) is 89.4 Å². The highest BCUT2D eigenvalue weighted by molar-refractivity contribution is 5.92. The Kier molecular flexibility index (Phi) is 4.89. The first-order valence-electron chi connectivity index (χ1n) is 12.3. The zero-order valence-electron chi connectivity index (χ0n) is 21.1. The molecule has 3 heterocycles. The van der Waals surface area contributed by atoms with Crippen LogP contribution in [0.1, 0.15) is 66.7 Å². The molecule has 1 aromatic rings. The third-order valence-corrected chi connectivity index (χ3v) is 8.91. The van der Waals surface area contributed by atoms with Gasteiger partial charge in [0.15, 0.2) is 0 Å². The number of hydroxylamine groups is 2. The third kappa shape index (κ3) is 3.25. The van der Waals surface area contributed by atoms with E-state index in [1.807, 2.05) is 20.0 Å². The van der Waals surface area contributed by atoms with E-state index >= 15 is 0 Å². The number of carbonyl (C=O) groups excluding carboxylic acids is 2. The number of piperidine rings is 2. The number of amides is 2. The summed E-state index contributed by atoms with van der Waals surface area (Å²) in [6.07, 6.45) is 8.75. The van der Waals surface area contributed by atoms with Crippen LogP contribution in [0.4, 0.5) is 10.7 Å². The molecule has 34 heavy (non-hydrogen) atoms. The summed E-state index contributed by atoms with van der Waals surface area (Å²) < 4.78 is 5.57. The zero-order valence-corrected chi connectivity index (χ0v) is 21.1. The Morgan fingerprint density at radius 3 is 2.50 bits per heavy atom. The van der Waals surface area contributed by atoms with Gasteiger partial charge in [0.2, 0.25) is 11.8 Å². The van der Waals surface area contributed by atoms with Crippen molar-refractivity contribution in [3.8, 4) is 0 Å². The molecule has 4 aliphatic rings. The van der Waals surface area contributed by atoms with Crippen molar-refractivity contribution < 1.29 is 24.0 Å². The van der Waals surface area contributed by atoms with Gasteiger partial charge in [-0.1, -0.05) is 12.2 Å². The summed E-state index contributed by atoms with van der Waals surface area (Å²) in [7, 11) is 1.81. The monoisotopic (exact) mass is 471 g/mol. The van der Waals surface area contributed by atoms with Crippen molar-refractivity contribution in [3.63, 3.8) is 0 Å². The maximum Gasteiger partial charge on any atom is 0.435 e. The van der Waals surface area contributed by atoms with E-state index in [0.29, 0.717) is 12.3 Å². The molecular weight excluding hydrogens is 434 g/mol. The summed E-state index contributed by atoms with van der Waals surface area (Å²) in [6, 6.07) is 3.29. The molecule has 1 N–H and O–H groups in total. The Hall–Kier alpha value is -2.32. The molecule has 1 saturated carbocycles. The molecule has 0 aromatic carbocycles. The third-order valence-electron chi connectivity index (χ3n) is 8.91. The second-order valence-corrected chi connectivity index (χ2v) is 12.3. The molecule has 1 spiro atoms. The van der Waals surface area contributed by atoms with E-state index in [9.17, 15) is 14.7 Å². The molecule has 5 rings (SSSR count). The summed E-state index contributed by atoms with van der Waals surface area (Å²) in [4.78, 5) is 35.5. The van der Waals surface area contributed by atoms with Crippen LogP contribution in [0.15, 0.2) is 35.0 Å². The maximum absolute atomic E-state index is 13.6. The standard InChI is InChI=1S/C26H37N3O5/c1-22(2)10-8-11-23(3,4)29(22)34-21(31)28(19-9-7-14-33-19)17-25(32)12-13-26-16-24(26,5)20(30)27(6)18(26)15-25/h7,9,12-14,18,32H,8,10-11,15-17H2,1-6H3/t18-,24?,25?,26?/m1/s1. The number of hydrogen-bond acceptors (Lipinski definition) is 6. The average molecular weight is 472 g/mol. The molecule has 186 valence electrons. The lowest BCUT2D eigenvalue weighted by Crippen LogP contribution is -2.60. The van der Waals surface area contributed by atoms with Crippen LogP contribution in [0.3, 0.4) is 0 Å². The number of aliphatic hydroxyl groups is 1. The molecule has 0 bridgehead atoms. The molecule has 8 nitrogen and oxygen atoms in total. The van der Waals surface area contributed by atoms with Crippen LogP contribution in [-0.2, 0) is 9.63 Å². The molecular formula is C26H37N3O5. The first-order chi connectivity index (χ1) is 15.7. The molecule has 2 aliphatic heterocycles. The summed E-state index contributed by atoms with van der Waals surface area (Å²) in [5, 5.41) is 13.4. The molecule has 3 unspecified atom stereocenters. The van der Waals surface area contributed by atoms with Crippen LogP contribution >= 0.6 is 0 Å². The van der Waals surface area contributed by atoms with E-state index in [2.05, 4.69) is 27.7 Å². The fraction of sp³-hybridized carbons (Fsp3) is 0.692. The Balaban J connectivity index is 1.40. The predicted octanol–water partition coefficient (Wildman–Crippen LogP) is 4.11. The number of carbonyl (C=O) groups is 2. The van der Waals surface area contributed by atoms with Crippen molar-refractivity contribution >= 4 is 17.9 Å². The van der Waals surface area contributed by atoms with Crippen molar-refractivity contribution in [3.05, 3.63) is 30.5 Å². The molecule has 2 saturated heterocycles. The zero-order chi connectivity index (χ0) is 24.7. The minimum atomic E-state index is -1.32. The largest absolute Gasteiger partial charge is 0.448 e. The lowest BCUT2D eigenvalue weighted by atomic mass is 9.77. The van der Waals surface area contributed by atoms with Gasteiger partial charge < -0.3 is 19.3 Å². The summed E-state index contributed by atoms with van der Waals surface area (Å²) >= 11 is 0. The summed E-state index contributed by atoms with van der Waals surface area (Å²) in [5.41, 5.74) is -2.55. The topological polar surface area (TPSA) is 86.5 Å². The molecule has 0 radical (unpaired) electrons. The average Bonchev–Trinajstić information content (AvgIpc) is 3.04. The Bertz CT molecular complexity index is 1020. The first kappa shape index (κ1) is 23.4. The van der Waals surface area contributed by atoms with Gasteiger partial charge in [0.1, 0.15) is 5.60 Å². The van der Waals surface area contributed by atoms with E-state index in [4.69, 9.17) is 9.25 Å². The molecule has 2 aliphatic carbocycles. The molecule has 4 atom stereocenters. The second-order valence-electron chi connectivity index (χ2n) is 12.3. The highest BCUT2D eigenvalue weighted by atomic mass is 16.7. The van der Waals surface area contributed by atoms with Gasteiger partial charge in [-0.2, -0.15) is 0 Å². The van der Waals surface area contributed by atoms with E-state index in [0.717, 1.165) is 25.7 Å². The van der Waals surface area contributed by atoms with E-state index < -0.39 is 11.7 Å². The quantitative estimate of drug-likeness (QED) is 0.665. The van der Waals surface area contributed by atoms with Crippen molar-refractivity contribution in [1.82, 2.24) is 9.96 Å². The van der Waals surface area contributed by atoms with E-state index in [1.54, 1.807) is 28.2 Å². The molecule has 3 fully saturated rings. The van der Waals surface area contributed by atoms with Gasteiger partial charge >= 0.3 is 6.09 Å². The predicted molar refractivity (Wildman–Crippen MR) is 127 cm³/mol. The van der Waals surface area contributed by atoms with Crippen LogP contribution in [0.25, 0.3) is 0 Å². The smallest absolute Gasteiger partial charge is 0.435 e. The van der Waals surface area contributed by atoms with Crippen molar-refractivity contribution in [1.29, 1.82) is 0 Å². The van der Waals surface area contributed by atoms with Crippen LogP contribution in [0, 0.1) is 10.8 Å². The van der Waals surface area contributed by atoms with Gasteiger partial charge in [0, 0.05) is 31.0 Å². The number of furan rings is 1. The lowest BCUT2D eigenvalue weighted by Gasteiger charge is -2.50. The number of rotatable bonds is 4. The highest BCUT2D eigenvalue weighted by Gasteiger charge is 2.78. The van der Waals surface area contributed by atoms with Crippen molar-refractivity contribution in [2.75, 3.05) is 18.5 Å². The number of hydrogen-bond donors (Lipinski definition) is 1. The Labute approximate surface area is 201 Å². The summed E-state index contributed by atoms with van der Waals surface area (Å²) in [6.45, 7) is 10.3. The van der Waals surface area contributed by atoms with Gasteiger partial charge in [0.25, 0.3) is 0 Å². The number of nitrogens with zero attached hydrogens (tertiary/aromatic N) is 3. The van der Waals surface area contributed by atoms with Gasteiger partial charge in [-0.05, 0) is 66.4 Å². The first-order valence-corrected chi connectivity index (χ1v) is 12.3. The molecule has 8 heteroatoms. The SMILES string of the molecule is CN1C(=O)C2(C)CC23C=CC(O)(CN(C(=O)ON2C(C)(C)CCCC2(C)C)c2ccco2)C[C@@H]13. The van der Waals surface area contributed by atoms with E-state index in [1.165, 1.54) is 11.2 Å². The second kappa shape index (κ2) is 7.10. The Morgan fingerprint density at radius 2 is 1.88 bits per heavy atom. The maximum atomic E-state index is 13.6. The number of anilines is 1. The van der Waals surface area contributed by atoms with Crippen LogP contribution < -0.4 is 4.90 Å². The van der Waals surface area contributed by atoms with Gasteiger partial charge in [-0.25, -0.2) is 9.69 Å². The highest BCUT2D eigenvalue weighted by Crippen LogP contribution is 2.74. The van der Waals surface area contributed by atoms with Gasteiger partial charge in [0.05, 0.1) is 29.3 Å². The minimum absolute atomic E-state index is 0.0319. The van der Waals surface area contributed by atoms with Crippen LogP contribution in [0.2, 0.25) is 0 Å². The van der Waals surface area contributed by atoms with Gasteiger partial charge in [-0.15, -0.1) is 5.06 Å². The van der Waals surface area contributed by atoms with Gasteiger partial charge in [-0.3, -0.25) is 4.79 Å². The summed E-state index contributed by atoms with van der Waals surface area (Å²) in [5.74, 6) is 0.440. The fourth-order valence-electron chi connectivity index (χ4n) is 6.95. The molecule has 1 aromatic heterocycles. The van der Waals surface area contributed by atoms with Crippen LogP contribution in [-0.4, -0.2) is 63.4 Å².